The van der Waals surface area contributed by atoms with Gasteiger partial charge in [0, 0.05) is 5.41 Å². The number of nitrogens with zero attached hydrogens (tertiary/aromatic N) is 1. The first-order valence-electron chi connectivity index (χ1n) is 11.0. The lowest BCUT2D eigenvalue weighted by Gasteiger charge is -2.36. The summed E-state index contributed by atoms with van der Waals surface area (Å²) < 4.78 is 50.5. The molecule has 1 saturated carbocycles. The third-order valence-corrected chi connectivity index (χ3v) is 7.38. The van der Waals surface area contributed by atoms with E-state index < -0.39 is 58.1 Å². The average Bonchev–Trinajstić information content (AvgIpc) is 2.94. The summed E-state index contributed by atoms with van der Waals surface area (Å²) in [6.45, 7) is 4.15. The van der Waals surface area contributed by atoms with Gasteiger partial charge in [0.25, 0.3) is 5.91 Å². The number of fused-ring (bicyclic) bond motifs is 1. The van der Waals surface area contributed by atoms with Crippen LogP contribution in [0, 0.1) is 23.2 Å². The van der Waals surface area contributed by atoms with Gasteiger partial charge >= 0.3 is 16.4 Å². The largest absolute Gasteiger partial charge is 0.496 e. The minimum absolute atomic E-state index is 0.0226. The normalized spacial score (nSPS) is 23.6. The molecule has 1 heterocycles. The van der Waals surface area contributed by atoms with Crippen LogP contribution in [0.1, 0.15) is 37.6 Å². The molecule has 0 radical (unpaired) electrons. The third-order valence-electron chi connectivity index (χ3n) is 6.34. The summed E-state index contributed by atoms with van der Waals surface area (Å²) in [4.78, 5) is 36.8. The molecule has 12 nitrogen and oxygen atoms in total. The maximum atomic E-state index is 12.7. The summed E-state index contributed by atoms with van der Waals surface area (Å²) in [6, 6.07) is 2.41. The molecule has 4 atom stereocenters. The molecule has 1 aliphatic heterocycles. The molecule has 0 spiro atoms. The Bertz CT molecular complexity index is 1160. The second-order valence-corrected chi connectivity index (χ2v) is 11.1. The first-order valence-corrected chi connectivity index (χ1v) is 12.7. The molecule has 200 valence electrons. The Labute approximate surface area is 214 Å². The monoisotopic (exact) mass is 548 g/mol. The number of nitrogens with two attached hydrogens (primary N) is 1. The highest BCUT2D eigenvalue weighted by Gasteiger charge is 2.60. The highest BCUT2D eigenvalue weighted by Crippen LogP contribution is 2.50. The number of halogens is 1. The van der Waals surface area contributed by atoms with Gasteiger partial charge in [-0.05, 0) is 31.4 Å². The number of esters is 1. The lowest BCUT2D eigenvalue weighted by atomic mass is 9.64. The standard InChI is InChI=1S/C22H29ClN2O10S/c1-11-12-8-13(19(24)26)16(12)20(27)25(11)35-36(29,30)34-10-22(2,3)9-33-21(28)17-15(31-4)7-6-14(23)18(17)32-5/h6-7,11-13,16H,8-10H2,1-5H3,(H2,24,26)/t11-,12-,13+,16?/m0/s1. The van der Waals surface area contributed by atoms with E-state index in [0.717, 1.165) is 5.06 Å². The zero-order valence-electron chi connectivity index (χ0n) is 20.5. The summed E-state index contributed by atoms with van der Waals surface area (Å²) in [5.74, 6) is -3.37. The van der Waals surface area contributed by atoms with Gasteiger partial charge in [-0.25, -0.2) is 8.98 Å². The van der Waals surface area contributed by atoms with Crippen LogP contribution in [0.25, 0.3) is 0 Å². The van der Waals surface area contributed by atoms with Crippen LogP contribution in [0.4, 0.5) is 0 Å². The van der Waals surface area contributed by atoms with Crippen molar-refractivity contribution >= 4 is 39.8 Å². The predicted octanol–water partition coefficient (Wildman–Crippen LogP) is 1.70. The first kappa shape index (κ1) is 28.0. The Hall–Kier alpha value is -2.61. The molecular formula is C22H29ClN2O10S. The Morgan fingerprint density at radius 1 is 1.19 bits per heavy atom. The molecule has 3 rings (SSSR count). The van der Waals surface area contributed by atoms with Gasteiger partial charge in [0.2, 0.25) is 5.91 Å². The minimum Gasteiger partial charge on any atom is -0.496 e. The van der Waals surface area contributed by atoms with Gasteiger partial charge in [-0.3, -0.25) is 9.59 Å². The molecule has 1 aromatic carbocycles. The molecule has 1 aromatic rings. The van der Waals surface area contributed by atoms with E-state index in [1.165, 1.54) is 26.4 Å². The number of carbonyl (C=O) groups excluding carboxylic acids is 3. The molecule has 2 fully saturated rings. The average molecular weight is 549 g/mol. The van der Waals surface area contributed by atoms with Crippen molar-refractivity contribution in [2.45, 2.75) is 33.2 Å². The molecular weight excluding hydrogens is 520 g/mol. The Morgan fingerprint density at radius 3 is 2.44 bits per heavy atom. The van der Waals surface area contributed by atoms with Crippen LogP contribution in [-0.2, 0) is 33.2 Å². The van der Waals surface area contributed by atoms with Crippen LogP contribution in [-0.4, -0.2) is 64.7 Å². The van der Waals surface area contributed by atoms with Crippen molar-refractivity contribution in [2.24, 2.45) is 28.9 Å². The van der Waals surface area contributed by atoms with Crippen LogP contribution in [0.3, 0.4) is 0 Å². The van der Waals surface area contributed by atoms with Gasteiger partial charge in [-0.2, -0.15) is 13.5 Å². The van der Waals surface area contributed by atoms with Gasteiger partial charge in [0.05, 0.1) is 50.3 Å². The lowest BCUT2D eigenvalue weighted by molar-refractivity contribution is -0.160. The summed E-state index contributed by atoms with van der Waals surface area (Å²) in [5.41, 5.74) is 4.30. The van der Waals surface area contributed by atoms with Crippen LogP contribution < -0.4 is 15.2 Å². The summed E-state index contributed by atoms with van der Waals surface area (Å²) in [6.07, 6.45) is 0.383. The van der Waals surface area contributed by atoms with Crippen molar-refractivity contribution in [3.8, 4) is 11.5 Å². The van der Waals surface area contributed by atoms with E-state index >= 15 is 0 Å². The molecule has 14 heteroatoms. The van der Waals surface area contributed by atoms with Crippen LogP contribution in [0.15, 0.2) is 12.1 Å². The first-order chi connectivity index (χ1) is 16.7. The van der Waals surface area contributed by atoms with E-state index in [9.17, 15) is 22.8 Å². The highest BCUT2D eigenvalue weighted by molar-refractivity contribution is 7.81. The zero-order chi connectivity index (χ0) is 27.0. The molecule has 0 bridgehead atoms. The fourth-order valence-electron chi connectivity index (χ4n) is 4.29. The van der Waals surface area contributed by atoms with Crippen LogP contribution in [0.2, 0.25) is 5.02 Å². The molecule has 2 N–H and O–H groups in total. The van der Waals surface area contributed by atoms with E-state index in [-0.39, 0.29) is 34.6 Å². The number of primary amides is 1. The number of benzene rings is 1. The van der Waals surface area contributed by atoms with Crippen LogP contribution >= 0.6 is 11.6 Å². The van der Waals surface area contributed by atoms with Crippen molar-refractivity contribution in [3.63, 3.8) is 0 Å². The minimum atomic E-state index is -4.65. The van der Waals surface area contributed by atoms with E-state index in [4.69, 9.17) is 40.0 Å². The number of amides is 2. The quantitative estimate of drug-likeness (QED) is 0.403. The lowest BCUT2D eigenvalue weighted by Crippen LogP contribution is -2.46. The molecule has 2 aliphatic rings. The van der Waals surface area contributed by atoms with Crippen molar-refractivity contribution in [1.29, 1.82) is 0 Å². The number of methoxy groups -OCH3 is 2. The van der Waals surface area contributed by atoms with Gasteiger partial charge < -0.3 is 19.9 Å². The number of carbonyl (C=O) groups is 3. The Balaban J connectivity index is 1.59. The molecule has 1 unspecified atom stereocenters. The molecule has 0 aromatic heterocycles. The van der Waals surface area contributed by atoms with Gasteiger partial charge in [0.1, 0.15) is 11.3 Å². The second-order valence-electron chi connectivity index (χ2n) is 9.48. The fraction of sp³-hybridized carbons (Fsp3) is 0.591. The highest BCUT2D eigenvalue weighted by atomic mass is 35.5. The number of hydroxylamine groups is 2. The molecule has 2 amide bonds. The molecule has 1 aliphatic carbocycles. The zero-order valence-corrected chi connectivity index (χ0v) is 22.1. The third kappa shape index (κ3) is 5.53. The van der Waals surface area contributed by atoms with Crippen LogP contribution in [0.5, 0.6) is 11.5 Å². The van der Waals surface area contributed by atoms with Crippen molar-refractivity contribution < 1.29 is 45.5 Å². The van der Waals surface area contributed by atoms with Crippen molar-refractivity contribution in [3.05, 3.63) is 22.7 Å². The fourth-order valence-corrected chi connectivity index (χ4v) is 5.44. The van der Waals surface area contributed by atoms with Gasteiger partial charge in [-0.1, -0.05) is 25.4 Å². The van der Waals surface area contributed by atoms with Gasteiger partial charge in [0.15, 0.2) is 5.75 Å². The molecule has 1 saturated heterocycles. The number of rotatable bonds is 11. The van der Waals surface area contributed by atoms with Gasteiger partial charge in [-0.15, -0.1) is 4.28 Å². The Kier molecular flexibility index (Phi) is 8.08. The smallest absolute Gasteiger partial charge is 0.421 e. The second kappa shape index (κ2) is 10.4. The maximum Gasteiger partial charge on any atom is 0.421 e. The summed E-state index contributed by atoms with van der Waals surface area (Å²) in [5, 5.41) is 0.899. The SMILES string of the molecule is COc1ccc(Cl)c(OC)c1C(=O)OCC(C)(C)COS(=O)(=O)ON1C(=O)C2[C@@H](C[C@H]2C(N)=O)[C@@H]1C. The predicted molar refractivity (Wildman–Crippen MR) is 125 cm³/mol. The topological polar surface area (TPSA) is 161 Å². The van der Waals surface area contributed by atoms with Crippen molar-refractivity contribution in [1.82, 2.24) is 5.06 Å². The van der Waals surface area contributed by atoms with E-state index in [0.29, 0.717) is 6.42 Å². The Morgan fingerprint density at radius 2 is 1.86 bits per heavy atom. The number of hydrogen-bond donors (Lipinski definition) is 1. The van der Waals surface area contributed by atoms with Crippen molar-refractivity contribution in [2.75, 3.05) is 27.4 Å². The number of hydrogen-bond acceptors (Lipinski definition) is 10. The van der Waals surface area contributed by atoms with E-state index in [2.05, 4.69) is 0 Å². The van der Waals surface area contributed by atoms with E-state index in [1.54, 1.807) is 20.8 Å². The summed E-state index contributed by atoms with van der Waals surface area (Å²) in [7, 11) is -1.94. The van der Waals surface area contributed by atoms with E-state index in [1.807, 2.05) is 0 Å². The summed E-state index contributed by atoms with van der Waals surface area (Å²) >= 11 is 6.09. The molecule has 36 heavy (non-hydrogen) atoms. The number of ether oxygens (including phenoxy) is 3. The maximum absolute atomic E-state index is 12.7.